The third-order valence-corrected chi connectivity index (χ3v) is 4.41. The van der Waals surface area contributed by atoms with Crippen molar-refractivity contribution in [2.45, 2.75) is 46.9 Å². The first-order chi connectivity index (χ1) is 12.9. The highest BCUT2D eigenvalue weighted by Crippen LogP contribution is 2.29. The molecule has 5 heteroatoms. The summed E-state index contributed by atoms with van der Waals surface area (Å²) in [5, 5.41) is 12.4. The zero-order valence-electron chi connectivity index (χ0n) is 16.5. The Kier molecular flexibility index (Phi) is 7.67. The summed E-state index contributed by atoms with van der Waals surface area (Å²) in [6, 6.07) is 13.2. The van der Waals surface area contributed by atoms with E-state index < -0.39 is 12.0 Å². The SMILES string of the molecule is CCOc1cc(CNC(C(=O)O)C(C)C)ccc1OCc1ccccc1C. The standard InChI is InChI=1S/C22H29NO4/c1-5-26-20-12-17(13-23-21(15(2)3)22(24)25)10-11-19(20)27-14-18-9-7-6-8-16(18)4/h6-12,15,21,23H,5,13-14H2,1-4H3,(H,24,25). The minimum atomic E-state index is -0.840. The molecule has 0 aromatic heterocycles. The molecule has 0 bridgehead atoms. The molecule has 0 radical (unpaired) electrons. The van der Waals surface area contributed by atoms with Gasteiger partial charge in [-0.25, -0.2) is 0 Å². The summed E-state index contributed by atoms with van der Waals surface area (Å²) in [4.78, 5) is 11.3. The van der Waals surface area contributed by atoms with E-state index in [9.17, 15) is 9.90 Å². The highest BCUT2D eigenvalue weighted by molar-refractivity contribution is 5.73. The Labute approximate surface area is 161 Å². The van der Waals surface area contributed by atoms with Crippen LogP contribution >= 0.6 is 0 Å². The number of carboxylic acids is 1. The summed E-state index contributed by atoms with van der Waals surface area (Å²) >= 11 is 0. The van der Waals surface area contributed by atoms with Gasteiger partial charge in [-0.2, -0.15) is 0 Å². The zero-order valence-corrected chi connectivity index (χ0v) is 16.5. The van der Waals surface area contributed by atoms with E-state index in [1.54, 1.807) is 0 Å². The van der Waals surface area contributed by atoms with Crippen LogP contribution in [0.3, 0.4) is 0 Å². The van der Waals surface area contributed by atoms with E-state index in [1.165, 1.54) is 5.56 Å². The van der Waals surface area contributed by atoms with Crippen molar-refractivity contribution < 1.29 is 19.4 Å². The van der Waals surface area contributed by atoms with Crippen molar-refractivity contribution in [2.24, 2.45) is 5.92 Å². The van der Waals surface area contributed by atoms with Gasteiger partial charge in [-0.3, -0.25) is 4.79 Å². The van der Waals surface area contributed by atoms with Gasteiger partial charge in [0.25, 0.3) is 0 Å². The van der Waals surface area contributed by atoms with Gasteiger partial charge >= 0.3 is 5.97 Å². The van der Waals surface area contributed by atoms with Crippen molar-refractivity contribution in [1.29, 1.82) is 0 Å². The van der Waals surface area contributed by atoms with Crippen LogP contribution in [0.25, 0.3) is 0 Å². The Bertz CT molecular complexity index is 758. The Balaban J connectivity index is 2.09. The Morgan fingerprint density at radius 2 is 1.85 bits per heavy atom. The molecule has 146 valence electrons. The van der Waals surface area contributed by atoms with Crippen molar-refractivity contribution in [1.82, 2.24) is 5.32 Å². The van der Waals surface area contributed by atoms with Crippen LogP contribution in [0.2, 0.25) is 0 Å². The fraction of sp³-hybridized carbons (Fsp3) is 0.409. The van der Waals surface area contributed by atoms with Gasteiger partial charge in [-0.15, -0.1) is 0 Å². The highest BCUT2D eigenvalue weighted by atomic mass is 16.5. The molecule has 2 N–H and O–H groups in total. The smallest absolute Gasteiger partial charge is 0.320 e. The fourth-order valence-electron chi connectivity index (χ4n) is 2.81. The normalized spacial score (nSPS) is 12.0. The lowest BCUT2D eigenvalue weighted by Gasteiger charge is -2.19. The lowest BCUT2D eigenvalue weighted by molar-refractivity contribution is -0.140. The topological polar surface area (TPSA) is 67.8 Å². The molecular formula is C22H29NO4. The molecule has 0 saturated carbocycles. The average Bonchev–Trinajstić information content (AvgIpc) is 2.62. The zero-order chi connectivity index (χ0) is 19.8. The number of nitrogens with one attached hydrogen (secondary N) is 1. The van der Waals surface area contributed by atoms with Crippen LogP contribution in [0.1, 0.15) is 37.5 Å². The molecule has 2 aromatic rings. The molecule has 0 aliphatic rings. The second-order valence-corrected chi connectivity index (χ2v) is 6.87. The van der Waals surface area contributed by atoms with Crippen LogP contribution < -0.4 is 14.8 Å². The second kappa shape index (κ2) is 9.97. The molecule has 1 atom stereocenters. The molecule has 5 nitrogen and oxygen atoms in total. The van der Waals surface area contributed by atoms with Crippen LogP contribution in [0.4, 0.5) is 0 Å². The second-order valence-electron chi connectivity index (χ2n) is 6.87. The summed E-state index contributed by atoms with van der Waals surface area (Å²) in [7, 11) is 0. The predicted molar refractivity (Wildman–Crippen MR) is 106 cm³/mol. The Morgan fingerprint density at radius 1 is 1.11 bits per heavy atom. The number of aryl methyl sites for hydroxylation is 1. The van der Waals surface area contributed by atoms with Crippen molar-refractivity contribution in [3.8, 4) is 11.5 Å². The van der Waals surface area contributed by atoms with Gasteiger partial charge in [-0.1, -0.05) is 44.2 Å². The number of aliphatic carboxylic acids is 1. The van der Waals surface area contributed by atoms with Gasteiger partial charge in [0, 0.05) is 6.54 Å². The maximum absolute atomic E-state index is 11.3. The summed E-state index contributed by atoms with van der Waals surface area (Å²) in [6.07, 6.45) is 0. The number of carbonyl (C=O) groups is 1. The third kappa shape index (κ3) is 6.00. The Morgan fingerprint density at radius 3 is 2.48 bits per heavy atom. The van der Waals surface area contributed by atoms with Crippen molar-refractivity contribution in [3.63, 3.8) is 0 Å². The summed E-state index contributed by atoms with van der Waals surface area (Å²) in [5.74, 6) is 0.517. The lowest BCUT2D eigenvalue weighted by Crippen LogP contribution is -2.40. The van der Waals surface area contributed by atoms with Crippen LogP contribution in [-0.2, 0) is 17.9 Å². The molecule has 1 unspecified atom stereocenters. The van der Waals surface area contributed by atoms with E-state index in [1.807, 2.05) is 57.2 Å². The molecular weight excluding hydrogens is 342 g/mol. The summed E-state index contributed by atoms with van der Waals surface area (Å²) in [6.45, 7) is 9.22. The number of hydrogen-bond acceptors (Lipinski definition) is 4. The molecule has 0 aliphatic heterocycles. The highest BCUT2D eigenvalue weighted by Gasteiger charge is 2.20. The maximum atomic E-state index is 11.3. The molecule has 2 aromatic carbocycles. The average molecular weight is 371 g/mol. The first-order valence-electron chi connectivity index (χ1n) is 9.31. The van der Waals surface area contributed by atoms with Crippen molar-refractivity contribution >= 4 is 5.97 Å². The van der Waals surface area contributed by atoms with Crippen LogP contribution in [0, 0.1) is 12.8 Å². The maximum Gasteiger partial charge on any atom is 0.320 e. The fourth-order valence-corrected chi connectivity index (χ4v) is 2.81. The monoisotopic (exact) mass is 371 g/mol. The van der Waals surface area contributed by atoms with Gasteiger partial charge < -0.3 is 19.9 Å². The quantitative estimate of drug-likeness (QED) is 0.656. The van der Waals surface area contributed by atoms with E-state index >= 15 is 0 Å². The lowest BCUT2D eigenvalue weighted by atomic mass is 10.0. The van der Waals surface area contributed by atoms with Crippen LogP contribution in [0.5, 0.6) is 11.5 Å². The summed E-state index contributed by atoms with van der Waals surface area (Å²) in [5.41, 5.74) is 3.27. The van der Waals surface area contributed by atoms with Crippen LogP contribution in [0.15, 0.2) is 42.5 Å². The molecule has 0 aliphatic carbocycles. The van der Waals surface area contributed by atoms with Gasteiger partial charge in [0.2, 0.25) is 0 Å². The largest absolute Gasteiger partial charge is 0.490 e. The van der Waals surface area contributed by atoms with Gasteiger partial charge in [0.1, 0.15) is 12.6 Å². The number of hydrogen-bond donors (Lipinski definition) is 2. The van der Waals surface area contributed by atoms with Crippen LogP contribution in [-0.4, -0.2) is 23.7 Å². The predicted octanol–water partition coefficient (Wildman–Crippen LogP) is 4.17. The third-order valence-electron chi connectivity index (χ3n) is 4.41. The molecule has 0 heterocycles. The van der Waals surface area contributed by atoms with Gasteiger partial charge in [0.05, 0.1) is 6.61 Å². The first-order valence-corrected chi connectivity index (χ1v) is 9.31. The van der Waals surface area contributed by atoms with E-state index in [2.05, 4.69) is 18.3 Å². The minimum absolute atomic E-state index is 0.00517. The van der Waals surface area contributed by atoms with Gasteiger partial charge in [0.15, 0.2) is 11.5 Å². The molecule has 27 heavy (non-hydrogen) atoms. The molecule has 0 amide bonds. The van der Waals surface area contributed by atoms with E-state index in [4.69, 9.17) is 9.47 Å². The molecule has 0 spiro atoms. The molecule has 2 rings (SSSR count). The molecule has 0 fully saturated rings. The molecule has 0 saturated heterocycles. The van der Waals surface area contributed by atoms with Crippen molar-refractivity contribution in [3.05, 3.63) is 59.2 Å². The van der Waals surface area contributed by atoms with Gasteiger partial charge in [-0.05, 0) is 48.6 Å². The minimum Gasteiger partial charge on any atom is -0.490 e. The number of carboxylic acid groups (broad SMARTS) is 1. The summed E-state index contributed by atoms with van der Waals surface area (Å²) < 4.78 is 11.7. The Hall–Kier alpha value is -2.53. The number of ether oxygens (including phenoxy) is 2. The number of benzene rings is 2. The first kappa shape index (κ1) is 20.8. The van der Waals surface area contributed by atoms with E-state index in [0.29, 0.717) is 31.3 Å². The number of rotatable bonds is 10. The van der Waals surface area contributed by atoms with Crippen molar-refractivity contribution in [2.75, 3.05) is 6.61 Å². The van der Waals surface area contributed by atoms with E-state index in [0.717, 1.165) is 11.1 Å². The van der Waals surface area contributed by atoms with E-state index in [-0.39, 0.29) is 5.92 Å².